The highest BCUT2D eigenvalue weighted by molar-refractivity contribution is 5.88. The number of carbonyl (C=O) groups excluding carboxylic acids is 2. The molecule has 8 heteroatoms. The molecular formula is C27H32N4O4. The van der Waals surface area contributed by atoms with Crippen LogP contribution < -0.4 is 10.1 Å². The quantitative estimate of drug-likeness (QED) is 0.253. The van der Waals surface area contributed by atoms with Gasteiger partial charge in [0.05, 0.1) is 37.6 Å². The Morgan fingerprint density at radius 1 is 1.14 bits per heavy atom. The van der Waals surface area contributed by atoms with Crippen LogP contribution in [0.5, 0.6) is 5.75 Å². The van der Waals surface area contributed by atoms with Crippen molar-refractivity contribution in [2.45, 2.75) is 45.6 Å². The van der Waals surface area contributed by atoms with Crippen LogP contribution in [0.15, 0.2) is 60.8 Å². The van der Waals surface area contributed by atoms with Gasteiger partial charge in [0.25, 0.3) is 0 Å². The Balaban J connectivity index is 1.71. The Kier molecular flexibility index (Phi) is 8.78. The maximum absolute atomic E-state index is 13.0. The highest BCUT2D eigenvalue weighted by Crippen LogP contribution is 2.22. The van der Waals surface area contributed by atoms with Gasteiger partial charge in [-0.1, -0.05) is 42.8 Å². The molecule has 1 amide bonds. The lowest BCUT2D eigenvalue weighted by Gasteiger charge is -2.24. The summed E-state index contributed by atoms with van der Waals surface area (Å²) in [5, 5.41) is 11.5. The molecule has 1 N–H and O–H groups in total. The second-order valence-corrected chi connectivity index (χ2v) is 8.65. The van der Waals surface area contributed by atoms with Crippen LogP contribution in [0.25, 0.3) is 11.8 Å². The predicted molar refractivity (Wildman–Crippen MR) is 134 cm³/mol. The molecule has 0 atom stereocenters. The van der Waals surface area contributed by atoms with Gasteiger partial charge in [0, 0.05) is 6.08 Å². The third-order valence-electron chi connectivity index (χ3n) is 5.45. The lowest BCUT2D eigenvalue weighted by molar-refractivity contribution is -0.137. The van der Waals surface area contributed by atoms with E-state index in [1.54, 1.807) is 36.2 Å². The Morgan fingerprint density at radius 2 is 1.91 bits per heavy atom. The second kappa shape index (κ2) is 12.0. The molecule has 0 spiro atoms. The number of ether oxygens (including phenoxy) is 2. The van der Waals surface area contributed by atoms with Crippen molar-refractivity contribution < 1.29 is 19.1 Å². The minimum atomic E-state index is -0.748. The number of nitrogens with one attached hydrogen (secondary N) is 1. The van der Waals surface area contributed by atoms with E-state index < -0.39 is 11.5 Å². The summed E-state index contributed by atoms with van der Waals surface area (Å²) in [6, 6.07) is 15.0. The van der Waals surface area contributed by atoms with E-state index in [9.17, 15) is 9.59 Å². The van der Waals surface area contributed by atoms with E-state index in [-0.39, 0.29) is 12.3 Å². The van der Waals surface area contributed by atoms with E-state index in [1.165, 1.54) is 6.08 Å². The molecule has 0 aliphatic rings. The largest absolute Gasteiger partial charge is 0.497 e. The number of nitrogens with zero attached hydrogens (tertiary/aromatic N) is 3. The molecule has 0 unspecified atom stereocenters. The summed E-state index contributed by atoms with van der Waals surface area (Å²) in [6.45, 7) is 6.18. The van der Waals surface area contributed by atoms with E-state index >= 15 is 0 Å². The van der Waals surface area contributed by atoms with Gasteiger partial charge in [-0.25, -0.2) is 9.48 Å². The average Bonchev–Trinajstić information content (AvgIpc) is 3.35. The first-order valence-electron chi connectivity index (χ1n) is 11.6. The van der Waals surface area contributed by atoms with Crippen LogP contribution in [-0.4, -0.2) is 40.6 Å². The van der Waals surface area contributed by atoms with Crippen molar-refractivity contribution in [3.8, 4) is 11.4 Å². The van der Waals surface area contributed by atoms with Gasteiger partial charge in [-0.3, -0.25) is 4.79 Å². The normalized spacial score (nSPS) is 11.4. The fourth-order valence-electron chi connectivity index (χ4n) is 3.43. The van der Waals surface area contributed by atoms with Crippen molar-refractivity contribution in [1.82, 2.24) is 20.3 Å². The second-order valence-electron chi connectivity index (χ2n) is 8.65. The summed E-state index contributed by atoms with van der Waals surface area (Å²) < 4.78 is 12.2. The van der Waals surface area contributed by atoms with Crippen LogP contribution in [0.1, 0.15) is 50.4 Å². The molecule has 184 valence electrons. The minimum Gasteiger partial charge on any atom is -0.497 e. The molecule has 3 rings (SSSR count). The molecule has 3 aromatic rings. The molecule has 8 nitrogen and oxygen atoms in total. The molecule has 0 saturated heterocycles. The van der Waals surface area contributed by atoms with Gasteiger partial charge in [0.2, 0.25) is 5.91 Å². The van der Waals surface area contributed by atoms with Gasteiger partial charge in [0.1, 0.15) is 11.4 Å². The van der Waals surface area contributed by atoms with Gasteiger partial charge in [-0.2, -0.15) is 0 Å². The van der Waals surface area contributed by atoms with Crippen molar-refractivity contribution in [2.24, 2.45) is 0 Å². The number of methoxy groups -OCH3 is 1. The van der Waals surface area contributed by atoms with Crippen molar-refractivity contribution >= 4 is 18.0 Å². The summed E-state index contributed by atoms with van der Waals surface area (Å²) in [6.07, 6.45) is 6.71. The highest BCUT2D eigenvalue weighted by Gasteiger charge is 2.27. The van der Waals surface area contributed by atoms with Crippen LogP contribution >= 0.6 is 0 Å². The standard InChI is InChI=1S/C27H32N4O4/c1-5-6-16-35-26(33)15-13-20-12-14-23(34-4)17-21(20)18-25(32)28-27(2,3)24-19-31(30-29-24)22-10-8-7-9-11-22/h7-15,17,19H,5-6,16,18H2,1-4H3,(H,28,32)/b15-13+. The molecule has 1 aromatic heterocycles. The fourth-order valence-corrected chi connectivity index (χ4v) is 3.43. The first kappa shape index (κ1) is 25.7. The highest BCUT2D eigenvalue weighted by atomic mass is 16.5. The van der Waals surface area contributed by atoms with E-state index in [1.807, 2.05) is 57.2 Å². The summed E-state index contributed by atoms with van der Waals surface area (Å²) in [5.41, 5.74) is 2.23. The molecule has 0 aliphatic carbocycles. The van der Waals surface area contributed by atoms with Crippen LogP contribution in [0, 0.1) is 0 Å². The maximum atomic E-state index is 13.0. The molecule has 35 heavy (non-hydrogen) atoms. The Hall–Kier alpha value is -3.94. The lowest BCUT2D eigenvalue weighted by Crippen LogP contribution is -2.42. The number of amides is 1. The minimum absolute atomic E-state index is 0.0952. The number of para-hydroxylation sites is 1. The number of hydrogen-bond donors (Lipinski definition) is 1. The molecule has 0 saturated carbocycles. The van der Waals surface area contributed by atoms with Crippen LogP contribution in [0.4, 0.5) is 0 Å². The summed E-state index contributed by atoms with van der Waals surface area (Å²) in [5.74, 6) is 0.0190. The van der Waals surface area contributed by atoms with E-state index in [0.717, 1.165) is 29.7 Å². The lowest BCUT2D eigenvalue weighted by atomic mass is 9.99. The van der Waals surface area contributed by atoms with Crippen molar-refractivity contribution in [2.75, 3.05) is 13.7 Å². The molecular weight excluding hydrogens is 444 g/mol. The molecule has 0 fully saturated rings. The zero-order valence-corrected chi connectivity index (χ0v) is 20.7. The molecule has 1 heterocycles. The van der Waals surface area contributed by atoms with Gasteiger partial charge >= 0.3 is 5.97 Å². The summed E-state index contributed by atoms with van der Waals surface area (Å²) in [4.78, 5) is 25.0. The van der Waals surface area contributed by atoms with Crippen LogP contribution in [0.2, 0.25) is 0 Å². The summed E-state index contributed by atoms with van der Waals surface area (Å²) >= 11 is 0. The maximum Gasteiger partial charge on any atom is 0.330 e. The topological polar surface area (TPSA) is 95.3 Å². The third-order valence-corrected chi connectivity index (χ3v) is 5.45. The summed E-state index contributed by atoms with van der Waals surface area (Å²) in [7, 11) is 1.57. The molecule has 0 bridgehead atoms. The van der Waals surface area contributed by atoms with Gasteiger partial charge in [-0.15, -0.1) is 5.10 Å². The SMILES string of the molecule is CCCCOC(=O)/C=C/c1ccc(OC)cc1CC(=O)NC(C)(C)c1cn(-c2ccccc2)nn1. The zero-order valence-electron chi connectivity index (χ0n) is 20.7. The van der Waals surface area contributed by atoms with Crippen molar-refractivity contribution in [3.63, 3.8) is 0 Å². The molecule has 0 radical (unpaired) electrons. The van der Waals surface area contributed by atoms with Crippen LogP contribution in [0.3, 0.4) is 0 Å². The zero-order chi connectivity index (χ0) is 25.3. The van der Waals surface area contributed by atoms with Crippen molar-refractivity contribution in [3.05, 3.63) is 77.6 Å². The van der Waals surface area contributed by atoms with E-state index in [0.29, 0.717) is 18.1 Å². The Morgan fingerprint density at radius 3 is 2.63 bits per heavy atom. The monoisotopic (exact) mass is 476 g/mol. The van der Waals surface area contributed by atoms with Gasteiger partial charge in [0.15, 0.2) is 0 Å². The third kappa shape index (κ3) is 7.27. The number of carbonyl (C=O) groups is 2. The first-order valence-corrected chi connectivity index (χ1v) is 11.6. The number of esters is 1. The molecule has 2 aromatic carbocycles. The smallest absolute Gasteiger partial charge is 0.330 e. The van der Waals surface area contributed by atoms with Crippen molar-refractivity contribution in [1.29, 1.82) is 0 Å². The number of benzene rings is 2. The molecule has 0 aliphatic heterocycles. The van der Waals surface area contributed by atoms with E-state index in [2.05, 4.69) is 15.6 Å². The number of aromatic nitrogens is 3. The number of rotatable bonds is 11. The Labute approximate surface area is 205 Å². The van der Waals surface area contributed by atoms with Crippen LogP contribution in [-0.2, 0) is 26.3 Å². The Bertz CT molecular complexity index is 1170. The fraction of sp³-hybridized carbons (Fsp3) is 0.333. The number of unbranched alkanes of at least 4 members (excludes halogenated alkanes) is 1. The van der Waals surface area contributed by atoms with E-state index in [4.69, 9.17) is 9.47 Å². The predicted octanol–water partition coefficient (Wildman–Crippen LogP) is 4.23. The van der Waals surface area contributed by atoms with Gasteiger partial charge in [-0.05, 0) is 61.7 Å². The first-order chi connectivity index (χ1) is 16.8. The van der Waals surface area contributed by atoms with Gasteiger partial charge < -0.3 is 14.8 Å². The average molecular weight is 477 g/mol. The number of hydrogen-bond acceptors (Lipinski definition) is 6.